The number of hydrogen-bond acceptors (Lipinski definition) is 8. The van der Waals surface area contributed by atoms with Gasteiger partial charge in [-0.3, -0.25) is 14.4 Å². The molecule has 1 fully saturated rings. The number of morpholine rings is 1. The molecule has 0 bridgehead atoms. The number of carbonyl (C=O) groups is 2. The highest BCUT2D eigenvalue weighted by Gasteiger charge is 2.32. The third-order valence-corrected chi connectivity index (χ3v) is 9.16. The van der Waals surface area contributed by atoms with Crippen molar-refractivity contribution in [2.45, 2.75) is 45.8 Å². The van der Waals surface area contributed by atoms with Gasteiger partial charge in [0, 0.05) is 63.2 Å². The molecule has 0 saturated carbocycles. The maximum atomic E-state index is 14.0. The van der Waals surface area contributed by atoms with Gasteiger partial charge in [-0.25, -0.2) is 4.98 Å². The summed E-state index contributed by atoms with van der Waals surface area (Å²) in [5.41, 5.74) is 7.32. The number of aromatic nitrogens is 3. The van der Waals surface area contributed by atoms with Crippen LogP contribution in [0.2, 0.25) is 0 Å². The monoisotopic (exact) mass is 622 g/mol. The van der Waals surface area contributed by atoms with Gasteiger partial charge in [0.1, 0.15) is 23.8 Å². The fourth-order valence-electron chi connectivity index (χ4n) is 6.85. The third-order valence-electron chi connectivity index (χ3n) is 9.16. The van der Waals surface area contributed by atoms with Gasteiger partial charge in [0.25, 0.3) is 11.5 Å². The number of anilines is 4. The second kappa shape index (κ2) is 12.5. The predicted molar refractivity (Wildman–Crippen MR) is 176 cm³/mol. The van der Waals surface area contributed by atoms with Crippen LogP contribution in [-0.2, 0) is 47.3 Å². The summed E-state index contributed by atoms with van der Waals surface area (Å²) in [5, 5.41) is 3.20. The third kappa shape index (κ3) is 5.66. The first-order chi connectivity index (χ1) is 22.4. The number of carbonyl (C=O) groups excluding carboxylic acids is 2. The maximum Gasteiger partial charge on any atom is 0.302 e. The molecule has 0 unspecified atom stereocenters. The maximum absolute atomic E-state index is 14.0. The first-order valence-electron chi connectivity index (χ1n) is 15.9. The minimum Gasteiger partial charge on any atom is -0.461 e. The average molecular weight is 623 g/mol. The van der Waals surface area contributed by atoms with E-state index in [1.807, 2.05) is 30.3 Å². The summed E-state index contributed by atoms with van der Waals surface area (Å²) in [5.74, 6) is 0.0720. The topological polar surface area (TPSA) is 111 Å². The Morgan fingerprint density at radius 2 is 1.85 bits per heavy atom. The number of benzene rings is 1. The summed E-state index contributed by atoms with van der Waals surface area (Å²) in [6.45, 7) is 5.56. The van der Waals surface area contributed by atoms with E-state index in [9.17, 15) is 14.4 Å². The first-order valence-corrected chi connectivity index (χ1v) is 15.9. The van der Waals surface area contributed by atoms with Crippen LogP contribution in [0.3, 0.4) is 0 Å². The molecule has 0 spiro atoms. The molecule has 2 aliphatic heterocycles. The molecule has 1 aromatic carbocycles. The summed E-state index contributed by atoms with van der Waals surface area (Å²) in [6.07, 6.45) is 7.87. The van der Waals surface area contributed by atoms with Crippen molar-refractivity contribution in [1.82, 2.24) is 14.1 Å². The lowest BCUT2D eigenvalue weighted by Gasteiger charge is -2.32. The second-order valence-corrected chi connectivity index (χ2v) is 12.1. The Hall–Kier alpha value is -4.90. The SMILES string of the molecule is CC(=O)OCc1c(-c2cc(Nc3ccc(N4CCOCC4)cn3)c(=O)n(C)c2)cccc1N1CCn2c(cc3c2CCCC3)C1=O. The van der Waals surface area contributed by atoms with E-state index in [1.54, 1.807) is 30.4 Å². The number of nitrogens with one attached hydrogen (secondary N) is 1. The molecule has 0 atom stereocenters. The lowest BCUT2D eigenvalue weighted by Crippen LogP contribution is -2.41. The number of aryl methyl sites for hydroxylation is 2. The number of nitrogens with zero attached hydrogens (tertiary/aromatic N) is 5. The fraction of sp³-hybridized carbons (Fsp3) is 0.371. The zero-order valence-corrected chi connectivity index (χ0v) is 26.3. The van der Waals surface area contributed by atoms with E-state index in [1.165, 1.54) is 22.7 Å². The molecular formula is C35H38N6O5. The molecule has 238 valence electrons. The Balaban J connectivity index is 1.23. The van der Waals surface area contributed by atoms with Crippen LogP contribution in [0.1, 0.15) is 47.1 Å². The molecule has 4 aromatic rings. The molecule has 3 aromatic heterocycles. The average Bonchev–Trinajstić information content (AvgIpc) is 3.46. The van der Waals surface area contributed by atoms with Gasteiger partial charge in [0.05, 0.1) is 30.8 Å². The molecule has 46 heavy (non-hydrogen) atoms. The van der Waals surface area contributed by atoms with Crippen LogP contribution in [0.5, 0.6) is 0 Å². The molecule has 1 aliphatic carbocycles. The van der Waals surface area contributed by atoms with E-state index in [0.29, 0.717) is 54.8 Å². The van der Waals surface area contributed by atoms with Crippen molar-refractivity contribution in [3.05, 3.63) is 87.7 Å². The first kappa shape index (κ1) is 29.8. The van der Waals surface area contributed by atoms with Gasteiger partial charge >= 0.3 is 5.97 Å². The van der Waals surface area contributed by atoms with Gasteiger partial charge in [0.15, 0.2) is 0 Å². The highest BCUT2D eigenvalue weighted by Crippen LogP contribution is 2.36. The van der Waals surface area contributed by atoms with Crippen LogP contribution in [0.15, 0.2) is 59.7 Å². The van der Waals surface area contributed by atoms with Gasteiger partial charge in [-0.15, -0.1) is 0 Å². The highest BCUT2D eigenvalue weighted by atomic mass is 16.5. The number of rotatable bonds is 7. The molecular weight excluding hydrogens is 584 g/mol. The zero-order valence-electron chi connectivity index (χ0n) is 26.3. The number of ether oxygens (including phenoxy) is 2. The van der Waals surface area contributed by atoms with Crippen LogP contribution in [0.25, 0.3) is 11.1 Å². The summed E-state index contributed by atoms with van der Waals surface area (Å²) in [4.78, 5) is 47.8. The number of fused-ring (bicyclic) bond motifs is 3. The number of pyridine rings is 2. The molecule has 11 heteroatoms. The van der Waals surface area contributed by atoms with Gasteiger partial charge in [0.2, 0.25) is 0 Å². The number of esters is 1. The number of amides is 1. The van der Waals surface area contributed by atoms with Crippen LogP contribution in [0.4, 0.5) is 22.9 Å². The highest BCUT2D eigenvalue weighted by molar-refractivity contribution is 6.07. The van der Waals surface area contributed by atoms with E-state index >= 15 is 0 Å². The quantitative estimate of drug-likeness (QED) is 0.302. The standard InChI is InChI=1S/C35H38N6O5/c1-23(42)46-22-28-27(7-5-9-31(28)41-13-12-40-30-8-4-3-6-24(30)19-32(40)35(41)44)25-18-29(34(43)38(2)21-25)37-33-11-10-26(20-36-33)39-14-16-45-17-15-39/h5,7,9-11,18-21H,3-4,6,8,12-17,22H2,1-2H3,(H,36,37). The molecule has 1 N–H and O–H groups in total. The Bertz CT molecular complexity index is 1850. The molecule has 3 aliphatic rings. The Labute approximate surface area is 267 Å². The van der Waals surface area contributed by atoms with Crippen LogP contribution >= 0.6 is 0 Å². The molecule has 0 radical (unpaired) electrons. The van der Waals surface area contributed by atoms with Crippen molar-refractivity contribution >= 4 is 34.8 Å². The van der Waals surface area contributed by atoms with Gasteiger partial charge in [-0.05, 0) is 67.1 Å². The van der Waals surface area contributed by atoms with Crippen LogP contribution in [0, 0.1) is 0 Å². The van der Waals surface area contributed by atoms with Crippen LogP contribution in [-0.4, -0.2) is 58.8 Å². The van der Waals surface area contributed by atoms with Crippen molar-refractivity contribution in [3.8, 4) is 11.1 Å². The van der Waals surface area contributed by atoms with Crippen LogP contribution < -0.4 is 20.7 Å². The Morgan fingerprint density at radius 3 is 2.63 bits per heavy atom. The summed E-state index contributed by atoms with van der Waals surface area (Å²) < 4.78 is 14.7. The predicted octanol–water partition coefficient (Wildman–Crippen LogP) is 4.43. The lowest BCUT2D eigenvalue weighted by molar-refractivity contribution is -0.142. The second-order valence-electron chi connectivity index (χ2n) is 12.1. The summed E-state index contributed by atoms with van der Waals surface area (Å²) in [7, 11) is 1.70. The van der Waals surface area contributed by atoms with Crippen molar-refractivity contribution in [3.63, 3.8) is 0 Å². The molecule has 1 saturated heterocycles. The smallest absolute Gasteiger partial charge is 0.302 e. The molecule has 1 amide bonds. The summed E-state index contributed by atoms with van der Waals surface area (Å²) >= 11 is 0. The van der Waals surface area contributed by atoms with E-state index in [0.717, 1.165) is 55.6 Å². The van der Waals surface area contributed by atoms with Crippen molar-refractivity contribution in [1.29, 1.82) is 0 Å². The Morgan fingerprint density at radius 1 is 1.02 bits per heavy atom. The van der Waals surface area contributed by atoms with E-state index in [2.05, 4.69) is 25.8 Å². The lowest BCUT2D eigenvalue weighted by atomic mass is 9.98. The van der Waals surface area contributed by atoms with E-state index < -0.39 is 5.97 Å². The number of hydrogen-bond donors (Lipinski definition) is 1. The van der Waals surface area contributed by atoms with E-state index in [-0.39, 0.29) is 18.1 Å². The fourth-order valence-corrected chi connectivity index (χ4v) is 6.85. The largest absolute Gasteiger partial charge is 0.461 e. The van der Waals surface area contributed by atoms with Crippen molar-refractivity contribution in [2.24, 2.45) is 7.05 Å². The zero-order chi connectivity index (χ0) is 31.8. The summed E-state index contributed by atoms with van der Waals surface area (Å²) in [6, 6.07) is 13.4. The Kier molecular flexibility index (Phi) is 8.08. The normalized spacial score (nSPS) is 16.2. The van der Waals surface area contributed by atoms with Gasteiger partial charge in [-0.1, -0.05) is 12.1 Å². The van der Waals surface area contributed by atoms with Crippen molar-refractivity contribution < 1.29 is 19.1 Å². The molecule has 5 heterocycles. The van der Waals surface area contributed by atoms with Gasteiger partial charge in [-0.2, -0.15) is 0 Å². The minimum absolute atomic E-state index is 0.0156. The molecule has 11 nitrogen and oxygen atoms in total. The van der Waals surface area contributed by atoms with Crippen molar-refractivity contribution in [2.75, 3.05) is 48.0 Å². The minimum atomic E-state index is -0.415. The molecule has 7 rings (SSSR count). The van der Waals surface area contributed by atoms with Gasteiger partial charge < -0.3 is 33.7 Å². The van der Waals surface area contributed by atoms with E-state index in [4.69, 9.17) is 9.47 Å².